The molecule has 0 bridgehead atoms. The van der Waals surface area contributed by atoms with E-state index in [0.29, 0.717) is 38.5 Å². The van der Waals surface area contributed by atoms with Gasteiger partial charge >= 0.3 is 6.18 Å². The second-order valence-corrected chi connectivity index (χ2v) is 5.59. The summed E-state index contributed by atoms with van der Waals surface area (Å²) in [6, 6.07) is -0.818. The third kappa shape index (κ3) is 2.62. The van der Waals surface area contributed by atoms with Crippen molar-refractivity contribution in [3.05, 3.63) is 0 Å². The summed E-state index contributed by atoms with van der Waals surface area (Å²) < 4.78 is 38.3. The monoisotopic (exact) mass is 292 g/mol. The predicted molar refractivity (Wildman–Crippen MR) is 65.8 cm³/mol. The highest BCUT2D eigenvalue weighted by molar-refractivity contribution is 6.00. The fourth-order valence-electron chi connectivity index (χ4n) is 3.23. The summed E-state index contributed by atoms with van der Waals surface area (Å²) >= 11 is 0. The van der Waals surface area contributed by atoms with Crippen molar-refractivity contribution in [2.24, 2.45) is 0 Å². The third-order valence-corrected chi connectivity index (χ3v) is 4.15. The summed E-state index contributed by atoms with van der Waals surface area (Å²) in [5, 5.41) is 2.62. The van der Waals surface area contributed by atoms with Crippen LogP contribution in [0.3, 0.4) is 0 Å². The molecule has 20 heavy (non-hydrogen) atoms. The lowest BCUT2D eigenvalue weighted by molar-refractivity contribution is -0.183. The van der Waals surface area contributed by atoms with E-state index < -0.39 is 36.1 Å². The van der Waals surface area contributed by atoms with Crippen molar-refractivity contribution >= 4 is 11.8 Å². The number of alkyl halides is 3. The second-order valence-electron chi connectivity index (χ2n) is 5.59. The molecule has 1 atom stereocenters. The van der Waals surface area contributed by atoms with Gasteiger partial charge in [0.1, 0.15) is 18.1 Å². The molecule has 4 nitrogen and oxygen atoms in total. The van der Waals surface area contributed by atoms with Crippen molar-refractivity contribution in [3.63, 3.8) is 0 Å². The average Bonchev–Trinajstić information content (AvgIpc) is 2.82. The highest BCUT2D eigenvalue weighted by Gasteiger charge is 2.55. The van der Waals surface area contributed by atoms with Gasteiger partial charge in [-0.3, -0.25) is 9.59 Å². The predicted octanol–water partition coefficient (Wildman–Crippen LogP) is 1.99. The number of hydrogen-bond acceptors (Lipinski definition) is 2. The molecule has 2 amide bonds. The lowest BCUT2D eigenvalue weighted by Crippen LogP contribution is -2.70. The Bertz CT molecular complexity index is 403. The van der Waals surface area contributed by atoms with E-state index in [-0.39, 0.29) is 0 Å². The van der Waals surface area contributed by atoms with Crippen molar-refractivity contribution in [2.45, 2.75) is 63.2 Å². The molecule has 2 aliphatic rings. The number of rotatable bonds is 3. The lowest BCUT2D eigenvalue weighted by Gasteiger charge is -2.46. The van der Waals surface area contributed by atoms with E-state index >= 15 is 0 Å². The minimum absolute atomic E-state index is 0.319. The number of carbonyl (C=O) groups is 2. The van der Waals surface area contributed by atoms with Crippen LogP contribution >= 0.6 is 0 Å². The molecule has 0 aromatic rings. The minimum Gasteiger partial charge on any atom is -0.342 e. The van der Waals surface area contributed by atoms with Gasteiger partial charge in [0.25, 0.3) is 0 Å². The molecule has 1 spiro atoms. The lowest BCUT2D eigenvalue weighted by atomic mass is 9.88. The van der Waals surface area contributed by atoms with Crippen LogP contribution in [0.5, 0.6) is 0 Å². The molecule has 0 radical (unpaired) electrons. The average molecular weight is 292 g/mol. The zero-order valence-corrected chi connectivity index (χ0v) is 11.4. The molecule has 114 valence electrons. The third-order valence-electron chi connectivity index (χ3n) is 4.15. The van der Waals surface area contributed by atoms with Crippen LogP contribution in [0.2, 0.25) is 0 Å². The van der Waals surface area contributed by atoms with Gasteiger partial charge in [0.2, 0.25) is 11.8 Å². The molecule has 1 N–H and O–H groups in total. The van der Waals surface area contributed by atoms with Gasteiger partial charge in [0.05, 0.1) is 0 Å². The first-order valence-corrected chi connectivity index (χ1v) is 6.99. The quantitative estimate of drug-likeness (QED) is 0.865. The van der Waals surface area contributed by atoms with Crippen LogP contribution < -0.4 is 5.32 Å². The van der Waals surface area contributed by atoms with Gasteiger partial charge in [-0.1, -0.05) is 26.2 Å². The fourth-order valence-corrected chi connectivity index (χ4v) is 3.23. The Kier molecular flexibility index (Phi) is 3.97. The number of piperazine rings is 1. The van der Waals surface area contributed by atoms with E-state index in [0.717, 1.165) is 4.90 Å². The van der Waals surface area contributed by atoms with Gasteiger partial charge in [0, 0.05) is 0 Å². The van der Waals surface area contributed by atoms with E-state index in [1.807, 2.05) is 6.92 Å². The molecule has 7 heteroatoms. The van der Waals surface area contributed by atoms with E-state index in [9.17, 15) is 22.8 Å². The molecule has 0 aromatic heterocycles. The molecule has 1 unspecified atom stereocenters. The summed E-state index contributed by atoms with van der Waals surface area (Å²) in [5.41, 5.74) is -1.28. The van der Waals surface area contributed by atoms with Crippen LogP contribution in [0.25, 0.3) is 0 Å². The van der Waals surface area contributed by atoms with Crippen LogP contribution in [-0.4, -0.2) is 41.0 Å². The van der Waals surface area contributed by atoms with Gasteiger partial charge in [-0.15, -0.1) is 0 Å². The summed E-state index contributed by atoms with van der Waals surface area (Å²) in [7, 11) is 0. The van der Waals surface area contributed by atoms with Gasteiger partial charge in [-0.25, -0.2) is 0 Å². The second kappa shape index (κ2) is 5.26. The highest BCUT2D eigenvalue weighted by Crippen LogP contribution is 2.40. The maximum Gasteiger partial charge on any atom is 0.406 e. The number of nitrogens with zero attached hydrogens (tertiary/aromatic N) is 1. The SMILES string of the molecule is CCCC1NC(=O)C2(CCCC2)N(CC(F)(F)F)C1=O. The standard InChI is InChI=1S/C13H19F3N2O2/c1-2-5-9-10(19)18(8-13(14,15)16)12(11(20)17-9)6-3-4-7-12/h9H,2-8H2,1H3,(H,17,20). The fraction of sp³-hybridized carbons (Fsp3) is 0.846. The number of hydrogen-bond donors (Lipinski definition) is 1. The topological polar surface area (TPSA) is 49.4 Å². The van der Waals surface area contributed by atoms with Gasteiger partial charge < -0.3 is 10.2 Å². The molecular formula is C13H19F3N2O2. The van der Waals surface area contributed by atoms with E-state index in [2.05, 4.69) is 5.32 Å². The first kappa shape index (κ1) is 15.1. The zero-order valence-electron chi connectivity index (χ0n) is 11.4. The van der Waals surface area contributed by atoms with Crippen LogP contribution in [0.15, 0.2) is 0 Å². The molecule has 2 rings (SSSR count). The number of amides is 2. The van der Waals surface area contributed by atoms with Gasteiger partial charge in [0.15, 0.2) is 0 Å². The number of halogens is 3. The van der Waals surface area contributed by atoms with Crippen LogP contribution in [0, 0.1) is 0 Å². The molecule has 2 fully saturated rings. The molecule has 1 aliphatic carbocycles. The molecule has 1 aliphatic heterocycles. The first-order chi connectivity index (χ1) is 9.30. The Balaban J connectivity index is 2.31. The minimum atomic E-state index is -4.49. The van der Waals surface area contributed by atoms with Crippen molar-refractivity contribution in [1.29, 1.82) is 0 Å². The Morgan fingerprint density at radius 2 is 1.90 bits per heavy atom. The summed E-state index contributed by atoms with van der Waals surface area (Å²) in [6.45, 7) is 0.493. The number of carbonyl (C=O) groups excluding carboxylic acids is 2. The maximum absolute atomic E-state index is 12.8. The van der Waals surface area contributed by atoms with Crippen LogP contribution in [0.4, 0.5) is 13.2 Å². The first-order valence-electron chi connectivity index (χ1n) is 6.99. The summed E-state index contributed by atoms with van der Waals surface area (Å²) in [5.74, 6) is -1.01. The van der Waals surface area contributed by atoms with Crippen molar-refractivity contribution in [1.82, 2.24) is 10.2 Å². The summed E-state index contributed by atoms with van der Waals surface area (Å²) in [6.07, 6.45) is -1.50. The van der Waals surface area contributed by atoms with Crippen LogP contribution in [0.1, 0.15) is 45.4 Å². The summed E-state index contributed by atoms with van der Waals surface area (Å²) in [4.78, 5) is 25.4. The Hall–Kier alpha value is -1.27. The Morgan fingerprint density at radius 1 is 1.30 bits per heavy atom. The molecule has 1 heterocycles. The Labute approximate surface area is 115 Å². The normalized spacial score (nSPS) is 26.2. The number of nitrogens with one attached hydrogen (secondary N) is 1. The largest absolute Gasteiger partial charge is 0.406 e. The smallest absolute Gasteiger partial charge is 0.342 e. The van der Waals surface area contributed by atoms with Crippen molar-refractivity contribution < 1.29 is 22.8 Å². The van der Waals surface area contributed by atoms with E-state index in [1.54, 1.807) is 0 Å². The molecule has 1 saturated heterocycles. The Morgan fingerprint density at radius 3 is 2.40 bits per heavy atom. The maximum atomic E-state index is 12.8. The molecule has 0 aromatic carbocycles. The van der Waals surface area contributed by atoms with E-state index in [1.165, 1.54) is 0 Å². The highest BCUT2D eigenvalue weighted by atomic mass is 19.4. The van der Waals surface area contributed by atoms with Gasteiger partial charge in [-0.05, 0) is 19.3 Å². The van der Waals surface area contributed by atoms with Gasteiger partial charge in [-0.2, -0.15) is 13.2 Å². The van der Waals surface area contributed by atoms with Crippen molar-refractivity contribution in [3.8, 4) is 0 Å². The zero-order chi connectivity index (χ0) is 15.0. The van der Waals surface area contributed by atoms with Crippen molar-refractivity contribution in [2.75, 3.05) is 6.54 Å². The molecular weight excluding hydrogens is 273 g/mol. The molecule has 1 saturated carbocycles. The van der Waals surface area contributed by atoms with E-state index in [4.69, 9.17) is 0 Å². The van der Waals surface area contributed by atoms with Crippen LogP contribution in [-0.2, 0) is 9.59 Å².